The highest BCUT2D eigenvalue weighted by Crippen LogP contribution is 2.38. The molecule has 1 saturated heterocycles. The summed E-state index contributed by atoms with van der Waals surface area (Å²) in [5.41, 5.74) is 1.10. The zero-order chi connectivity index (χ0) is 10.1. The van der Waals surface area contributed by atoms with E-state index in [1.165, 1.54) is 0 Å². The van der Waals surface area contributed by atoms with Gasteiger partial charge in [-0.2, -0.15) is 0 Å². The Kier molecular flexibility index (Phi) is 2.28. The lowest BCUT2D eigenvalue weighted by Gasteiger charge is -2.14. The molecule has 1 aliphatic heterocycles. The van der Waals surface area contributed by atoms with Crippen molar-refractivity contribution in [1.82, 2.24) is 0 Å². The largest absolute Gasteiger partial charge is 0.457 e. The third-order valence-corrected chi connectivity index (χ3v) is 3.01. The molecule has 0 amide bonds. The summed E-state index contributed by atoms with van der Waals surface area (Å²) in [4.78, 5) is 11.3. The van der Waals surface area contributed by atoms with Crippen LogP contribution in [0.5, 0.6) is 0 Å². The summed E-state index contributed by atoms with van der Waals surface area (Å²) in [6.45, 7) is 3.99. The summed E-state index contributed by atoms with van der Waals surface area (Å²) in [7, 11) is 0. The van der Waals surface area contributed by atoms with Gasteiger partial charge >= 0.3 is 5.97 Å². The molecule has 0 unspecified atom stereocenters. The summed E-state index contributed by atoms with van der Waals surface area (Å²) in [5.74, 6) is 0.205. The van der Waals surface area contributed by atoms with E-state index < -0.39 is 0 Å². The standard InChI is InChI=1S/C12H14O2/c1-8-9(2)12(13)14-11(8)10-6-4-3-5-7-10/h3-9,11H,1-2H3/t8-,9-,11-/m1/s1. The van der Waals surface area contributed by atoms with Gasteiger partial charge in [-0.25, -0.2) is 0 Å². The van der Waals surface area contributed by atoms with Gasteiger partial charge in [0.05, 0.1) is 5.92 Å². The molecule has 1 heterocycles. The van der Waals surface area contributed by atoms with Crippen LogP contribution in [-0.2, 0) is 9.53 Å². The van der Waals surface area contributed by atoms with Crippen molar-refractivity contribution in [3.05, 3.63) is 35.9 Å². The highest BCUT2D eigenvalue weighted by Gasteiger charge is 2.39. The van der Waals surface area contributed by atoms with E-state index in [2.05, 4.69) is 6.92 Å². The fraction of sp³-hybridized carbons (Fsp3) is 0.417. The first kappa shape index (κ1) is 9.25. The number of cyclic esters (lactones) is 1. The van der Waals surface area contributed by atoms with Crippen molar-refractivity contribution in [3.8, 4) is 0 Å². The van der Waals surface area contributed by atoms with Gasteiger partial charge in [-0.15, -0.1) is 0 Å². The van der Waals surface area contributed by atoms with E-state index in [9.17, 15) is 4.79 Å². The number of rotatable bonds is 1. The van der Waals surface area contributed by atoms with Crippen LogP contribution in [0.25, 0.3) is 0 Å². The second-order valence-electron chi connectivity index (χ2n) is 3.92. The van der Waals surface area contributed by atoms with Crippen molar-refractivity contribution >= 4 is 5.97 Å². The molecule has 1 aromatic rings. The van der Waals surface area contributed by atoms with Crippen LogP contribution in [0.15, 0.2) is 30.3 Å². The van der Waals surface area contributed by atoms with E-state index >= 15 is 0 Å². The second kappa shape index (κ2) is 3.45. The Labute approximate surface area is 83.9 Å². The van der Waals surface area contributed by atoms with Crippen LogP contribution in [0, 0.1) is 11.8 Å². The highest BCUT2D eigenvalue weighted by atomic mass is 16.6. The van der Waals surface area contributed by atoms with Crippen molar-refractivity contribution in [3.63, 3.8) is 0 Å². The number of carbonyl (C=O) groups excluding carboxylic acids is 1. The van der Waals surface area contributed by atoms with Gasteiger partial charge in [0.15, 0.2) is 0 Å². The number of ether oxygens (including phenoxy) is 1. The molecule has 0 N–H and O–H groups in total. The molecule has 0 aromatic heterocycles. The minimum Gasteiger partial charge on any atom is -0.457 e. The smallest absolute Gasteiger partial charge is 0.309 e. The van der Waals surface area contributed by atoms with Crippen LogP contribution in [0.4, 0.5) is 0 Å². The van der Waals surface area contributed by atoms with Gasteiger partial charge in [0.25, 0.3) is 0 Å². The normalized spacial score (nSPS) is 31.6. The number of carbonyl (C=O) groups is 1. The third-order valence-electron chi connectivity index (χ3n) is 3.01. The third kappa shape index (κ3) is 1.41. The Balaban J connectivity index is 2.26. The zero-order valence-corrected chi connectivity index (χ0v) is 8.44. The quantitative estimate of drug-likeness (QED) is 0.636. The van der Waals surface area contributed by atoms with Gasteiger partial charge in [0.2, 0.25) is 0 Å². The predicted molar refractivity (Wildman–Crippen MR) is 53.6 cm³/mol. The van der Waals surface area contributed by atoms with Crippen LogP contribution >= 0.6 is 0 Å². The summed E-state index contributed by atoms with van der Waals surface area (Å²) in [5, 5.41) is 0. The average Bonchev–Trinajstić information content (AvgIpc) is 2.47. The minimum atomic E-state index is -0.0775. The van der Waals surface area contributed by atoms with Crippen LogP contribution < -0.4 is 0 Å². The molecule has 0 spiro atoms. The molecule has 1 aromatic carbocycles. The summed E-state index contributed by atoms with van der Waals surface area (Å²) in [6.07, 6.45) is -0.0568. The SMILES string of the molecule is C[C@@H]1[C@@H](C)C(=O)O[C@H]1c1ccccc1. The molecule has 0 radical (unpaired) electrons. The van der Waals surface area contributed by atoms with Gasteiger partial charge in [-0.3, -0.25) is 4.79 Å². The molecule has 1 fully saturated rings. The Morgan fingerprint density at radius 2 is 1.79 bits per heavy atom. The molecule has 3 atom stereocenters. The van der Waals surface area contributed by atoms with Crippen molar-refractivity contribution < 1.29 is 9.53 Å². The van der Waals surface area contributed by atoms with Crippen LogP contribution in [0.2, 0.25) is 0 Å². The van der Waals surface area contributed by atoms with Crippen LogP contribution in [0.3, 0.4) is 0 Å². The molecule has 2 heteroatoms. The molecule has 2 rings (SSSR count). The maximum atomic E-state index is 11.3. The molecule has 2 nitrogen and oxygen atoms in total. The van der Waals surface area contributed by atoms with Crippen molar-refractivity contribution in [2.24, 2.45) is 11.8 Å². The lowest BCUT2D eigenvalue weighted by atomic mass is 9.90. The van der Waals surface area contributed by atoms with E-state index in [0.29, 0.717) is 0 Å². The first-order valence-corrected chi connectivity index (χ1v) is 4.95. The summed E-state index contributed by atoms with van der Waals surface area (Å²) >= 11 is 0. The van der Waals surface area contributed by atoms with E-state index in [1.54, 1.807) is 0 Å². The molecule has 14 heavy (non-hydrogen) atoms. The molecule has 0 bridgehead atoms. The Morgan fingerprint density at radius 1 is 1.14 bits per heavy atom. The average molecular weight is 190 g/mol. The Hall–Kier alpha value is -1.31. The first-order valence-electron chi connectivity index (χ1n) is 4.95. The van der Waals surface area contributed by atoms with Crippen molar-refractivity contribution in [1.29, 1.82) is 0 Å². The van der Waals surface area contributed by atoms with Crippen LogP contribution in [0.1, 0.15) is 25.5 Å². The van der Waals surface area contributed by atoms with Crippen molar-refractivity contribution in [2.45, 2.75) is 20.0 Å². The second-order valence-corrected chi connectivity index (χ2v) is 3.92. The summed E-state index contributed by atoms with van der Waals surface area (Å²) in [6, 6.07) is 9.92. The lowest BCUT2D eigenvalue weighted by Crippen LogP contribution is -2.09. The van der Waals surface area contributed by atoms with Gasteiger partial charge in [-0.1, -0.05) is 44.2 Å². The van der Waals surface area contributed by atoms with Gasteiger partial charge in [0, 0.05) is 5.92 Å². The van der Waals surface area contributed by atoms with Gasteiger partial charge in [-0.05, 0) is 5.56 Å². The first-order chi connectivity index (χ1) is 6.70. The number of benzene rings is 1. The monoisotopic (exact) mass is 190 g/mol. The molecule has 1 aliphatic rings. The van der Waals surface area contributed by atoms with Crippen molar-refractivity contribution in [2.75, 3.05) is 0 Å². The van der Waals surface area contributed by atoms with E-state index in [0.717, 1.165) is 5.56 Å². The molecule has 74 valence electrons. The van der Waals surface area contributed by atoms with E-state index in [1.807, 2.05) is 37.3 Å². The Morgan fingerprint density at radius 3 is 2.29 bits per heavy atom. The number of hydrogen-bond acceptors (Lipinski definition) is 2. The van der Waals surface area contributed by atoms with E-state index in [4.69, 9.17) is 4.74 Å². The maximum Gasteiger partial charge on any atom is 0.309 e. The summed E-state index contributed by atoms with van der Waals surface area (Å²) < 4.78 is 5.33. The zero-order valence-electron chi connectivity index (χ0n) is 8.44. The van der Waals surface area contributed by atoms with Gasteiger partial charge < -0.3 is 4.74 Å². The predicted octanol–water partition coefficient (Wildman–Crippen LogP) is 2.56. The molecular formula is C12H14O2. The molecular weight excluding hydrogens is 176 g/mol. The highest BCUT2D eigenvalue weighted by molar-refractivity contribution is 5.75. The fourth-order valence-corrected chi connectivity index (χ4v) is 1.83. The fourth-order valence-electron chi connectivity index (χ4n) is 1.83. The van der Waals surface area contributed by atoms with Crippen LogP contribution in [-0.4, -0.2) is 5.97 Å². The van der Waals surface area contributed by atoms with E-state index in [-0.39, 0.29) is 23.9 Å². The molecule has 0 saturated carbocycles. The number of hydrogen-bond donors (Lipinski definition) is 0. The Bertz CT molecular complexity index is 331. The van der Waals surface area contributed by atoms with Gasteiger partial charge in [0.1, 0.15) is 6.10 Å². The number of esters is 1. The minimum absolute atomic E-state index is 0.0141. The topological polar surface area (TPSA) is 26.3 Å². The molecule has 0 aliphatic carbocycles. The maximum absolute atomic E-state index is 11.3. The lowest BCUT2D eigenvalue weighted by molar-refractivity contribution is -0.144.